The Kier molecular flexibility index (Phi) is 6.21. The van der Waals surface area contributed by atoms with Crippen LogP contribution in [0.1, 0.15) is 47.5 Å². The van der Waals surface area contributed by atoms with Crippen LogP contribution in [0.25, 0.3) is 0 Å². The zero-order chi connectivity index (χ0) is 20.3. The van der Waals surface area contributed by atoms with E-state index in [4.69, 9.17) is 5.11 Å². The van der Waals surface area contributed by atoms with E-state index in [9.17, 15) is 14.4 Å². The summed E-state index contributed by atoms with van der Waals surface area (Å²) in [4.78, 5) is 41.5. The van der Waals surface area contributed by atoms with Crippen LogP contribution >= 0.6 is 0 Å². The van der Waals surface area contributed by atoms with Gasteiger partial charge in [0.15, 0.2) is 0 Å². The van der Waals surface area contributed by atoms with Gasteiger partial charge in [-0.25, -0.2) is 9.59 Å². The van der Waals surface area contributed by atoms with E-state index in [-0.39, 0.29) is 29.3 Å². The largest absolute Gasteiger partial charge is 0.478 e. The molecule has 1 atom stereocenters. The number of carboxylic acids is 1. The molecule has 3 amide bonds. The van der Waals surface area contributed by atoms with E-state index in [2.05, 4.69) is 0 Å². The molecule has 2 aliphatic heterocycles. The average molecular weight is 387 g/mol. The monoisotopic (exact) mass is 387 g/mol. The van der Waals surface area contributed by atoms with Gasteiger partial charge in [-0.1, -0.05) is 12.1 Å². The minimum atomic E-state index is -0.925. The molecule has 7 heteroatoms. The van der Waals surface area contributed by atoms with Gasteiger partial charge in [-0.05, 0) is 43.4 Å². The Balaban J connectivity index is 1.57. The summed E-state index contributed by atoms with van der Waals surface area (Å²) >= 11 is 0. The fourth-order valence-corrected chi connectivity index (χ4v) is 4.21. The van der Waals surface area contributed by atoms with E-state index in [0.29, 0.717) is 32.5 Å². The predicted octanol–water partition coefficient (Wildman–Crippen LogP) is 2.48. The van der Waals surface area contributed by atoms with Crippen LogP contribution < -0.4 is 0 Å². The Morgan fingerprint density at radius 2 is 1.61 bits per heavy atom. The number of piperidine rings is 2. The van der Waals surface area contributed by atoms with Gasteiger partial charge in [0.05, 0.1) is 5.56 Å². The first-order valence-corrected chi connectivity index (χ1v) is 9.95. The number of nitrogens with zero attached hydrogens (tertiary/aromatic N) is 3. The molecule has 2 saturated heterocycles. The Bertz CT molecular complexity index is 724. The summed E-state index contributed by atoms with van der Waals surface area (Å²) in [5.41, 5.74) is 1.38. The smallest absolute Gasteiger partial charge is 0.335 e. The first kappa shape index (κ1) is 20.2. The van der Waals surface area contributed by atoms with Crippen LogP contribution in [0.4, 0.5) is 4.79 Å². The van der Waals surface area contributed by atoms with Crippen molar-refractivity contribution >= 4 is 17.9 Å². The van der Waals surface area contributed by atoms with E-state index in [1.165, 1.54) is 0 Å². The second-order valence-corrected chi connectivity index (χ2v) is 7.99. The molecule has 1 aromatic rings. The van der Waals surface area contributed by atoms with Crippen molar-refractivity contribution in [3.05, 3.63) is 35.4 Å². The van der Waals surface area contributed by atoms with Gasteiger partial charge in [0, 0.05) is 52.1 Å². The molecule has 2 fully saturated rings. The summed E-state index contributed by atoms with van der Waals surface area (Å²) in [6, 6.07) is 7.01. The Morgan fingerprint density at radius 1 is 0.964 bits per heavy atom. The molecule has 0 aromatic heterocycles. The second-order valence-electron chi connectivity index (χ2n) is 7.99. The summed E-state index contributed by atoms with van der Waals surface area (Å²) in [7, 11) is 3.49. The number of aromatic carboxylic acids is 1. The molecular formula is C21H29N3O4. The zero-order valence-electron chi connectivity index (χ0n) is 16.6. The Labute approximate surface area is 165 Å². The lowest BCUT2D eigenvalue weighted by Gasteiger charge is -2.38. The minimum absolute atomic E-state index is 0.00810. The molecule has 0 bridgehead atoms. The number of benzene rings is 1. The molecule has 1 aromatic carbocycles. The van der Waals surface area contributed by atoms with Gasteiger partial charge in [-0.2, -0.15) is 0 Å². The number of amides is 3. The number of hydrogen-bond acceptors (Lipinski definition) is 3. The molecule has 1 N–H and O–H groups in total. The van der Waals surface area contributed by atoms with Crippen molar-refractivity contribution in [1.82, 2.24) is 14.7 Å². The molecule has 0 saturated carbocycles. The highest BCUT2D eigenvalue weighted by Gasteiger charge is 2.33. The lowest BCUT2D eigenvalue weighted by Crippen LogP contribution is -2.48. The number of carbonyl (C=O) groups excluding carboxylic acids is 2. The summed E-state index contributed by atoms with van der Waals surface area (Å²) in [6.45, 7) is 2.71. The van der Waals surface area contributed by atoms with Gasteiger partial charge < -0.3 is 19.8 Å². The standard InChI is InChI=1S/C21H29N3O4/c1-22(2)21(28)23-12-9-16(10-13-23)19(25)24-11-3-4-18(14-24)15-5-7-17(8-6-15)20(26)27/h5-8,16,18H,3-4,9-14H2,1-2H3,(H,26,27). The van der Waals surface area contributed by atoms with Crippen LogP contribution in [0.2, 0.25) is 0 Å². The van der Waals surface area contributed by atoms with E-state index in [1.54, 1.807) is 31.1 Å². The van der Waals surface area contributed by atoms with Gasteiger partial charge in [0.2, 0.25) is 5.91 Å². The molecular weight excluding hydrogens is 358 g/mol. The molecule has 1 unspecified atom stereocenters. The third-order valence-electron chi connectivity index (χ3n) is 5.86. The quantitative estimate of drug-likeness (QED) is 0.864. The van der Waals surface area contributed by atoms with E-state index in [1.807, 2.05) is 21.9 Å². The van der Waals surface area contributed by atoms with Gasteiger partial charge >= 0.3 is 12.0 Å². The fraction of sp³-hybridized carbons (Fsp3) is 0.571. The first-order chi connectivity index (χ1) is 13.4. The van der Waals surface area contributed by atoms with Crippen LogP contribution in [0.15, 0.2) is 24.3 Å². The van der Waals surface area contributed by atoms with Crippen LogP contribution in [-0.2, 0) is 4.79 Å². The number of carboxylic acid groups (broad SMARTS) is 1. The summed E-state index contributed by atoms with van der Waals surface area (Å²) in [6.07, 6.45) is 3.39. The highest BCUT2D eigenvalue weighted by atomic mass is 16.4. The van der Waals surface area contributed by atoms with E-state index in [0.717, 1.165) is 24.9 Å². The molecule has 7 nitrogen and oxygen atoms in total. The highest BCUT2D eigenvalue weighted by Crippen LogP contribution is 2.29. The van der Waals surface area contributed by atoms with E-state index >= 15 is 0 Å². The molecule has 2 aliphatic rings. The molecule has 2 heterocycles. The third kappa shape index (κ3) is 4.46. The molecule has 0 aliphatic carbocycles. The number of carbonyl (C=O) groups is 3. The summed E-state index contributed by atoms with van der Waals surface area (Å²) in [5.74, 6) is -0.495. The van der Waals surface area contributed by atoms with Crippen molar-refractivity contribution in [1.29, 1.82) is 0 Å². The van der Waals surface area contributed by atoms with Crippen molar-refractivity contribution in [3.8, 4) is 0 Å². The minimum Gasteiger partial charge on any atom is -0.478 e. The van der Waals surface area contributed by atoms with Crippen molar-refractivity contribution in [2.24, 2.45) is 5.92 Å². The molecule has 0 spiro atoms. The summed E-state index contributed by atoms with van der Waals surface area (Å²) < 4.78 is 0. The van der Waals surface area contributed by atoms with Crippen molar-refractivity contribution in [3.63, 3.8) is 0 Å². The molecule has 0 radical (unpaired) electrons. The maximum atomic E-state index is 13.0. The van der Waals surface area contributed by atoms with Crippen LogP contribution in [0.5, 0.6) is 0 Å². The van der Waals surface area contributed by atoms with E-state index < -0.39 is 5.97 Å². The lowest BCUT2D eigenvalue weighted by atomic mass is 9.88. The number of likely N-dealkylation sites (tertiary alicyclic amines) is 2. The Hall–Kier alpha value is -2.57. The van der Waals surface area contributed by atoms with Crippen LogP contribution in [-0.4, -0.2) is 78.0 Å². The predicted molar refractivity (Wildman–Crippen MR) is 105 cm³/mol. The van der Waals surface area contributed by atoms with Gasteiger partial charge in [-0.15, -0.1) is 0 Å². The maximum Gasteiger partial charge on any atom is 0.335 e. The SMILES string of the molecule is CN(C)C(=O)N1CCC(C(=O)N2CCCC(c3ccc(C(=O)O)cc3)C2)CC1. The number of rotatable bonds is 3. The average Bonchev–Trinajstić information content (AvgIpc) is 2.73. The van der Waals surface area contributed by atoms with Crippen LogP contribution in [0, 0.1) is 5.92 Å². The van der Waals surface area contributed by atoms with Crippen molar-refractivity contribution < 1.29 is 19.5 Å². The maximum absolute atomic E-state index is 13.0. The highest BCUT2D eigenvalue weighted by molar-refractivity contribution is 5.87. The van der Waals surface area contributed by atoms with Crippen molar-refractivity contribution in [2.45, 2.75) is 31.6 Å². The molecule has 28 heavy (non-hydrogen) atoms. The van der Waals surface area contributed by atoms with Gasteiger partial charge in [-0.3, -0.25) is 4.79 Å². The lowest BCUT2D eigenvalue weighted by molar-refractivity contribution is -0.138. The Morgan fingerprint density at radius 3 is 2.18 bits per heavy atom. The number of urea groups is 1. The second kappa shape index (κ2) is 8.63. The normalized spacial score (nSPS) is 20.7. The van der Waals surface area contributed by atoms with Gasteiger partial charge in [0.1, 0.15) is 0 Å². The summed E-state index contributed by atoms with van der Waals surface area (Å²) in [5, 5.41) is 9.05. The van der Waals surface area contributed by atoms with Gasteiger partial charge in [0.25, 0.3) is 0 Å². The molecule has 3 rings (SSSR count). The van der Waals surface area contributed by atoms with Crippen molar-refractivity contribution in [2.75, 3.05) is 40.3 Å². The first-order valence-electron chi connectivity index (χ1n) is 9.95. The van der Waals surface area contributed by atoms with Crippen LogP contribution in [0.3, 0.4) is 0 Å². The molecule has 152 valence electrons. The topological polar surface area (TPSA) is 81.2 Å². The fourth-order valence-electron chi connectivity index (χ4n) is 4.21. The number of hydrogen-bond donors (Lipinski definition) is 1. The third-order valence-corrected chi connectivity index (χ3v) is 5.86. The zero-order valence-corrected chi connectivity index (χ0v) is 16.6.